The molecule has 8 heteroatoms. The van der Waals surface area contributed by atoms with E-state index >= 15 is 0 Å². The van der Waals surface area contributed by atoms with Gasteiger partial charge in [0.25, 0.3) is 5.91 Å². The van der Waals surface area contributed by atoms with Crippen molar-refractivity contribution >= 4 is 17.5 Å². The van der Waals surface area contributed by atoms with Crippen LogP contribution < -0.4 is 10.1 Å². The second-order valence-electron chi connectivity index (χ2n) is 8.20. The fourth-order valence-electron chi connectivity index (χ4n) is 3.74. The first-order chi connectivity index (χ1) is 15.3. The molecule has 0 aromatic heterocycles. The second-order valence-corrected chi connectivity index (χ2v) is 8.20. The summed E-state index contributed by atoms with van der Waals surface area (Å²) in [6.07, 6.45) is 2.24. The lowest BCUT2D eigenvalue weighted by molar-refractivity contribution is -0.121. The van der Waals surface area contributed by atoms with Crippen molar-refractivity contribution in [2.45, 2.75) is 25.9 Å². The quantitative estimate of drug-likeness (QED) is 0.670. The molecule has 1 unspecified atom stereocenters. The largest absolute Gasteiger partial charge is 0.434 e. The number of nitrogens with zero attached hydrogens (tertiary/aromatic N) is 2. The number of likely N-dealkylation sites (N-methyl/N-ethyl adjacent to an activating group) is 1. The summed E-state index contributed by atoms with van der Waals surface area (Å²) < 4.78 is 29.9. The molecule has 6 nitrogen and oxygen atoms in total. The van der Waals surface area contributed by atoms with Crippen molar-refractivity contribution in [2.24, 2.45) is 5.92 Å². The minimum atomic E-state index is -3.02. The molecular weight excluding hydrogens is 416 g/mol. The molecule has 1 saturated heterocycles. The van der Waals surface area contributed by atoms with Gasteiger partial charge in [-0.05, 0) is 63.2 Å². The molecule has 1 fully saturated rings. The van der Waals surface area contributed by atoms with Crippen molar-refractivity contribution in [3.8, 4) is 5.75 Å². The average Bonchev–Trinajstić information content (AvgIpc) is 2.78. The van der Waals surface area contributed by atoms with Gasteiger partial charge in [-0.1, -0.05) is 24.3 Å². The van der Waals surface area contributed by atoms with E-state index in [1.807, 2.05) is 38.4 Å². The van der Waals surface area contributed by atoms with E-state index in [1.54, 1.807) is 6.07 Å². The maximum atomic E-state index is 12.9. The van der Waals surface area contributed by atoms with Crippen LogP contribution in [0.15, 0.2) is 48.5 Å². The highest BCUT2D eigenvalue weighted by Crippen LogP contribution is 2.25. The predicted octanol–water partition coefficient (Wildman–Crippen LogP) is 3.88. The van der Waals surface area contributed by atoms with Gasteiger partial charge in [0.05, 0.1) is 11.5 Å². The molecule has 1 aliphatic rings. The van der Waals surface area contributed by atoms with Gasteiger partial charge in [0, 0.05) is 25.3 Å². The lowest BCUT2D eigenvalue weighted by atomic mass is 9.96. The van der Waals surface area contributed by atoms with Crippen LogP contribution in [0.5, 0.6) is 5.75 Å². The van der Waals surface area contributed by atoms with Crippen LogP contribution in [0, 0.1) is 5.92 Å². The molecule has 2 aromatic rings. The van der Waals surface area contributed by atoms with E-state index in [0.717, 1.165) is 13.0 Å². The van der Waals surface area contributed by atoms with Gasteiger partial charge in [-0.3, -0.25) is 9.59 Å². The molecule has 1 atom stereocenters. The molecular formula is C24H29F2N3O3. The summed E-state index contributed by atoms with van der Waals surface area (Å²) >= 11 is 0. The van der Waals surface area contributed by atoms with E-state index in [-0.39, 0.29) is 29.7 Å². The van der Waals surface area contributed by atoms with Crippen LogP contribution in [0.1, 0.15) is 28.8 Å². The molecule has 0 saturated carbocycles. The summed E-state index contributed by atoms with van der Waals surface area (Å²) in [7, 11) is 4.05. The average molecular weight is 446 g/mol. The van der Waals surface area contributed by atoms with Crippen LogP contribution >= 0.6 is 0 Å². The molecule has 172 valence electrons. The van der Waals surface area contributed by atoms with E-state index in [2.05, 4.69) is 15.0 Å². The number of ether oxygens (including phenoxy) is 1. The molecule has 1 heterocycles. The van der Waals surface area contributed by atoms with E-state index in [0.29, 0.717) is 25.1 Å². The third kappa shape index (κ3) is 6.50. The Bertz CT molecular complexity index is 919. The fraction of sp³-hybridized carbons (Fsp3) is 0.417. The number of hydrogen-bond acceptors (Lipinski definition) is 4. The summed E-state index contributed by atoms with van der Waals surface area (Å²) in [5.41, 5.74) is 1.97. The normalized spacial score (nSPS) is 16.3. The number of hydrogen-bond donors (Lipinski definition) is 1. The molecule has 0 aliphatic carbocycles. The second kappa shape index (κ2) is 11.0. The zero-order valence-electron chi connectivity index (χ0n) is 18.4. The van der Waals surface area contributed by atoms with Crippen molar-refractivity contribution in [1.29, 1.82) is 0 Å². The highest BCUT2D eigenvalue weighted by atomic mass is 19.3. The van der Waals surface area contributed by atoms with Crippen LogP contribution in [0.3, 0.4) is 0 Å². The predicted molar refractivity (Wildman–Crippen MR) is 119 cm³/mol. The monoisotopic (exact) mass is 445 g/mol. The highest BCUT2D eigenvalue weighted by molar-refractivity contribution is 5.98. The number of alkyl halides is 2. The molecule has 32 heavy (non-hydrogen) atoms. The third-order valence-corrected chi connectivity index (χ3v) is 5.48. The molecule has 3 rings (SSSR count). The zero-order valence-corrected chi connectivity index (χ0v) is 18.4. The number of rotatable bonds is 8. The first-order valence-corrected chi connectivity index (χ1v) is 10.7. The Labute approximate surface area is 187 Å². The highest BCUT2D eigenvalue weighted by Gasteiger charge is 2.30. The maximum Gasteiger partial charge on any atom is 0.387 e. The number of nitrogens with one attached hydrogen (secondary N) is 1. The molecule has 0 bridgehead atoms. The summed E-state index contributed by atoms with van der Waals surface area (Å²) in [6, 6.07) is 13.7. The summed E-state index contributed by atoms with van der Waals surface area (Å²) in [6.45, 7) is -1.37. The SMILES string of the molecule is CN(C)CCc1ccc(NC(=O)C2CCCN(C(=O)c3ccccc3OC(F)F)C2)cc1. The molecule has 1 aliphatic heterocycles. The number of para-hydroxylation sites is 1. The third-order valence-electron chi connectivity index (χ3n) is 5.48. The number of carbonyl (C=O) groups excluding carboxylic acids is 2. The number of anilines is 1. The number of benzene rings is 2. The van der Waals surface area contributed by atoms with Gasteiger partial charge in [-0.15, -0.1) is 0 Å². The number of carbonyl (C=O) groups is 2. The van der Waals surface area contributed by atoms with Crippen LogP contribution in [0.4, 0.5) is 14.5 Å². The van der Waals surface area contributed by atoms with Crippen LogP contribution in [0.2, 0.25) is 0 Å². The zero-order chi connectivity index (χ0) is 23.1. The van der Waals surface area contributed by atoms with Gasteiger partial charge in [-0.2, -0.15) is 8.78 Å². The van der Waals surface area contributed by atoms with Gasteiger partial charge in [0.15, 0.2) is 0 Å². The van der Waals surface area contributed by atoms with Crippen LogP contribution in [-0.2, 0) is 11.2 Å². The number of piperidine rings is 1. The molecule has 0 radical (unpaired) electrons. The summed E-state index contributed by atoms with van der Waals surface area (Å²) in [5.74, 6) is -1.10. The minimum Gasteiger partial charge on any atom is -0.434 e. The lowest BCUT2D eigenvalue weighted by Crippen LogP contribution is -2.43. The molecule has 2 amide bonds. The van der Waals surface area contributed by atoms with Gasteiger partial charge in [0.2, 0.25) is 5.91 Å². The van der Waals surface area contributed by atoms with Gasteiger partial charge in [-0.25, -0.2) is 0 Å². The Kier molecular flexibility index (Phi) is 8.16. The number of amides is 2. The van der Waals surface area contributed by atoms with Crippen LogP contribution in [0.25, 0.3) is 0 Å². The van der Waals surface area contributed by atoms with Gasteiger partial charge in [0.1, 0.15) is 5.75 Å². The van der Waals surface area contributed by atoms with E-state index < -0.39 is 12.5 Å². The van der Waals surface area contributed by atoms with E-state index in [1.165, 1.54) is 28.7 Å². The standard InChI is InChI=1S/C24H29F2N3O3/c1-28(2)15-13-17-9-11-19(12-10-17)27-22(30)18-6-5-14-29(16-18)23(31)20-7-3-4-8-21(20)32-24(25)26/h3-4,7-12,18,24H,5-6,13-16H2,1-2H3,(H,27,30). The maximum absolute atomic E-state index is 12.9. The Hall–Kier alpha value is -3.00. The Balaban J connectivity index is 1.61. The van der Waals surface area contributed by atoms with Gasteiger partial charge >= 0.3 is 6.61 Å². The molecule has 2 aromatic carbocycles. The molecule has 1 N–H and O–H groups in total. The smallest absolute Gasteiger partial charge is 0.387 e. The first kappa shape index (κ1) is 23.7. The summed E-state index contributed by atoms with van der Waals surface area (Å²) in [5, 5.41) is 2.93. The topological polar surface area (TPSA) is 61.9 Å². The number of likely N-dealkylation sites (tertiary alicyclic amines) is 1. The van der Waals surface area contributed by atoms with Crippen molar-refractivity contribution < 1.29 is 23.1 Å². The van der Waals surface area contributed by atoms with Crippen molar-refractivity contribution in [3.05, 3.63) is 59.7 Å². The fourth-order valence-corrected chi connectivity index (χ4v) is 3.74. The summed E-state index contributed by atoms with van der Waals surface area (Å²) in [4.78, 5) is 29.4. The van der Waals surface area contributed by atoms with Crippen molar-refractivity contribution in [1.82, 2.24) is 9.80 Å². The minimum absolute atomic E-state index is 0.0715. The van der Waals surface area contributed by atoms with Crippen molar-refractivity contribution in [3.63, 3.8) is 0 Å². The van der Waals surface area contributed by atoms with E-state index in [4.69, 9.17) is 0 Å². The first-order valence-electron chi connectivity index (χ1n) is 10.7. The lowest BCUT2D eigenvalue weighted by Gasteiger charge is -2.32. The van der Waals surface area contributed by atoms with Gasteiger partial charge < -0.3 is 19.9 Å². The Morgan fingerprint density at radius 2 is 1.88 bits per heavy atom. The molecule has 0 spiro atoms. The van der Waals surface area contributed by atoms with Crippen molar-refractivity contribution in [2.75, 3.05) is 39.0 Å². The Morgan fingerprint density at radius 1 is 1.16 bits per heavy atom. The Morgan fingerprint density at radius 3 is 2.56 bits per heavy atom. The van der Waals surface area contributed by atoms with E-state index in [9.17, 15) is 18.4 Å². The van der Waals surface area contributed by atoms with Crippen LogP contribution in [-0.4, -0.2) is 62.0 Å². The number of halogens is 2.